The maximum Gasteiger partial charge on any atom is 0.137 e. The van der Waals surface area contributed by atoms with Crippen LogP contribution in [-0.2, 0) is 0 Å². The molecule has 5 heteroatoms. The normalized spacial score (nSPS) is 25.8. The van der Waals surface area contributed by atoms with Crippen LogP contribution in [0.5, 0.6) is 0 Å². The summed E-state index contributed by atoms with van der Waals surface area (Å²) in [6.45, 7) is 7.30. The van der Waals surface area contributed by atoms with Crippen LogP contribution in [0.1, 0.15) is 57.9 Å². The Morgan fingerprint density at radius 2 is 1.85 bits per heavy atom. The summed E-state index contributed by atoms with van der Waals surface area (Å²) >= 11 is 0. The van der Waals surface area contributed by atoms with Crippen molar-refractivity contribution in [2.75, 3.05) is 18.4 Å². The third-order valence-electron chi connectivity index (χ3n) is 6.47. The summed E-state index contributed by atoms with van der Waals surface area (Å²) in [6, 6.07) is 9.00. The highest BCUT2D eigenvalue weighted by Crippen LogP contribution is 2.34. The van der Waals surface area contributed by atoms with Crippen LogP contribution in [0.3, 0.4) is 0 Å². The molecule has 0 bridgehead atoms. The third kappa shape index (κ3) is 4.06. The number of nitrogens with one attached hydrogen (secondary N) is 1. The number of fused-ring (bicyclic) bond motifs is 1. The van der Waals surface area contributed by atoms with Crippen molar-refractivity contribution in [3.8, 4) is 6.07 Å². The summed E-state index contributed by atoms with van der Waals surface area (Å²) in [5.41, 5.74) is 2.05. The van der Waals surface area contributed by atoms with E-state index < -0.39 is 0 Å². The predicted octanol–water partition coefficient (Wildman–Crippen LogP) is 4.35. The lowest BCUT2D eigenvalue weighted by atomic mass is 9.81. The van der Waals surface area contributed by atoms with Gasteiger partial charge in [-0.1, -0.05) is 13.8 Å². The molecule has 142 valence electrons. The lowest BCUT2D eigenvalue weighted by molar-refractivity contribution is 0.0747. The van der Waals surface area contributed by atoms with E-state index in [-0.39, 0.29) is 0 Å². The topological polar surface area (TPSA) is 64.8 Å². The van der Waals surface area contributed by atoms with E-state index in [4.69, 9.17) is 0 Å². The molecule has 1 N–H and O–H groups in total. The molecule has 0 unspecified atom stereocenters. The lowest BCUT2D eigenvalue weighted by Crippen LogP contribution is -2.46. The number of piperidine rings is 1. The van der Waals surface area contributed by atoms with Gasteiger partial charge in [-0.05, 0) is 75.2 Å². The van der Waals surface area contributed by atoms with Crippen molar-refractivity contribution in [1.29, 1.82) is 5.26 Å². The summed E-state index contributed by atoms with van der Waals surface area (Å²) in [5, 5.41) is 13.8. The van der Waals surface area contributed by atoms with Gasteiger partial charge in [0.1, 0.15) is 12.1 Å². The van der Waals surface area contributed by atoms with E-state index in [1.807, 2.05) is 18.2 Å². The molecule has 1 saturated carbocycles. The number of rotatable bonds is 3. The fourth-order valence-corrected chi connectivity index (χ4v) is 4.51. The highest BCUT2D eigenvalue weighted by atomic mass is 15.2. The highest BCUT2D eigenvalue weighted by Gasteiger charge is 2.31. The van der Waals surface area contributed by atoms with Gasteiger partial charge in [0.05, 0.1) is 17.1 Å². The van der Waals surface area contributed by atoms with Crippen molar-refractivity contribution >= 4 is 16.7 Å². The molecule has 2 heterocycles. The van der Waals surface area contributed by atoms with E-state index in [2.05, 4.69) is 40.1 Å². The monoisotopic (exact) mass is 363 g/mol. The second-order valence-corrected chi connectivity index (χ2v) is 8.92. The van der Waals surface area contributed by atoms with Crippen LogP contribution in [0.25, 0.3) is 10.9 Å². The van der Waals surface area contributed by atoms with Crippen LogP contribution < -0.4 is 5.32 Å². The summed E-state index contributed by atoms with van der Waals surface area (Å²) in [5.74, 6) is 0.861. The number of benzene rings is 1. The first kappa shape index (κ1) is 18.2. The zero-order valence-electron chi connectivity index (χ0n) is 16.4. The van der Waals surface area contributed by atoms with Crippen LogP contribution in [0, 0.1) is 16.7 Å². The second kappa shape index (κ2) is 7.44. The molecule has 5 nitrogen and oxygen atoms in total. The molecule has 0 amide bonds. The van der Waals surface area contributed by atoms with Gasteiger partial charge in [-0.3, -0.25) is 0 Å². The number of anilines is 1. The van der Waals surface area contributed by atoms with E-state index >= 15 is 0 Å². The average Bonchev–Trinajstić information content (AvgIpc) is 2.69. The number of nitrogens with zero attached hydrogens (tertiary/aromatic N) is 4. The minimum Gasteiger partial charge on any atom is -0.367 e. The van der Waals surface area contributed by atoms with Crippen molar-refractivity contribution in [2.24, 2.45) is 5.41 Å². The zero-order valence-corrected chi connectivity index (χ0v) is 16.4. The molecule has 1 aliphatic heterocycles. The number of nitriles is 1. The molecule has 2 aromatic rings. The maximum absolute atomic E-state index is 9.18. The van der Waals surface area contributed by atoms with Gasteiger partial charge in [-0.15, -0.1) is 0 Å². The molecule has 4 rings (SSSR count). The van der Waals surface area contributed by atoms with Gasteiger partial charge in [0.15, 0.2) is 0 Å². The smallest absolute Gasteiger partial charge is 0.137 e. The van der Waals surface area contributed by atoms with Gasteiger partial charge in [-0.25, -0.2) is 9.97 Å². The standard InChI is InChI=1S/C22H29N5/c1-22(2)9-11-27(12-10-22)18-6-4-17(5-7-18)26-21-19-13-16(14-23)3-8-20(19)24-15-25-21/h3,8,13,15,17-18H,4-7,9-12H2,1-2H3,(H,24,25,26)/t17-,18-. The molecular weight excluding hydrogens is 334 g/mol. The van der Waals surface area contributed by atoms with E-state index in [9.17, 15) is 5.26 Å². The maximum atomic E-state index is 9.18. The van der Waals surface area contributed by atoms with Crippen molar-refractivity contribution in [3.05, 3.63) is 30.1 Å². The SMILES string of the molecule is CC1(C)CCN([C@H]2CC[C@H](Nc3ncnc4ccc(C#N)cc34)CC2)CC1. The van der Waals surface area contributed by atoms with Crippen LogP contribution in [-0.4, -0.2) is 40.0 Å². The first-order valence-corrected chi connectivity index (χ1v) is 10.2. The predicted molar refractivity (Wildman–Crippen MR) is 109 cm³/mol. The van der Waals surface area contributed by atoms with Crippen LogP contribution in [0.15, 0.2) is 24.5 Å². The van der Waals surface area contributed by atoms with Gasteiger partial charge in [-0.2, -0.15) is 5.26 Å². The third-order valence-corrected chi connectivity index (χ3v) is 6.47. The Labute approximate surface area is 161 Å². The van der Waals surface area contributed by atoms with Gasteiger partial charge in [0.25, 0.3) is 0 Å². The lowest BCUT2D eigenvalue weighted by Gasteiger charge is -2.43. The second-order valence-electron chi connectivity index (χ2n) is 8.92. The number of aromatic nitrogens is 2. The largest absolute Gasteiger partial charge is 0.367 e. The van der Waals surface area contributed by atoms with Gasteiger partial charge >= 0.3 is 0 Å². The summed E-state index contributed by atoms with van der Waals surface area (Å²) < 4.78 is 0. The first-order chi connectivity index (χ1) is 13.0. The molecule has 27 heavy (non-hydrogen) atoms. The molecule has 0 radical (unpaired) electrons. The van der Waals surface area contributed by atoms with Gasteiger partial charge in [0.2, 0.25) is 0 Å². The number of likely N-dealkylation sites (tertiary alicyclic amines) is 1. The molecule has 0 atom stereocenters. The molecule has 2 aliphatic rings. The van der Waals surface area contributed by atoms with Crippen molar-refractivity contribution in [3.63, 3.8) is 0 Å². The fraction of sp³-hybridized carbons (Fsp3) is 0.591. The van der Waals surface area contributed by atoms with E-state index in [1.54, 1.807) is 6.33 Å². The Balaban J connectivity index is 1.39. The molecule has 1 aliphatic carbocycles. The minimum absolute atomic E-state index is 0.450. The Morgan fingerprint density at radius 1 is 1.11 bits per heavy atom. The fourth-order valence-electron chi connectivity index (χ4n) is 4.51. The van der Waals surface area contributed by atoms with Gasteiger partial charge < -0.3 is 10.2 Å². The van der Waals surface area contributed by atoms with Crippen molar-refractivity contribution < 1.29 is 0 Å². The zero-order chi connectivity index (χ0) is 18.9. The summed E-state index contributed by atoms with van der Waals surface area (Å²) in [7, 11) is 0. The molecule has 1 saturated heterocycles. The Morgan fingerprint density at radius 3 is 2.56 bits per heavy atom. The van der Waals surface area contributed by atoms with E-state index in [0.717, 1.165) is 22.8 Å². The van der Waals surface area contributed by atoms with Gasteiger partial charge in [0, 0.05) is 17.5 Å². The Kier molecular flexibility index (Phi) is 5.01. The molecular formula is C22H29N5. The average molecular weight is 364 g/mol. The summed E-state index contributed by atoms with van der Waals surface area (Å²) in [6.07, 6.45) is 9.10. The van der Waals surface area contributed by atoms with Crippen molar-refractivity contribution in [1.82, 2.24) is 14.9 Å². The quantitative estimate of drug-likeness (QED) is 0.878. The van der Waals surface area contributed by atoms with E-state index in [1.165, 1.54) is 51.6 Å². The Bertz CT molecular complexity index is 835. The molecule has 0 spiro atoms. The van der Waals surface area contributed by atoms with Crippen LogP contribution in [0.2, 0.25) is 0 Å². The minimum atomic E-state index is 0.450. The first-order valence-electron chi connectivity index (χ1n) is 10.2. The van der Waals surface area contributed by atoms with Crippen molar-refractivity contribution in [2.45, 2.75) is 64.5 Å². The number of hydrogen-bond acceptors (Lipinski definition) is 5. The van der Waals surface area contributed by atoms with Crippen LogP contribution in [0.4, 0.5) is 5.82 Å². The highest BCUT2D eigenvalue weighted by molar-refractivity contribution is 5.89. The molecule has 1 aromatic carbocycles. The van der Waals surface area contributed by atoms with Crippen LogP contribution >= 0.6 is 0 Å². The number of hydrogen-bond donors (Lipinski definition) is 1. The Hall–Kier alpha value is -2.19. The van der Waals surface area contributed by atoms with E-state index in [0.29, 0.717) is 17.0 Å². The molecule has 1 aromatic heterocycles. The molecule has 2 fully saturated rings. The summed E-state index contributed by atoms with van der Waals surface area (Å²) in [4.78, 5) is 11.5.